The van der Waals surface area contributed by atoms with Crippen LogP contribution in [0.5, 0.6) is 0 Å². The number of halogens is 2. The number of carbonyl (C=O) groups excluding carboxylic acids is 1. The summed E-state index contributed by atoms with van der Waals surface area (Å²) in [4.78, 5) is 17.2. The van der Waals surface area contributed by atoms with Gasteiger partial charge in [0, 0.05) is 9.90 Å². The number of hydrogen-bond donors (Lipinski definition) is 2. The smallest absolute Gasteiger partial charge is 0.319 e. The maximum atomic E-state index is 11.8. The molecule has 2 aromatic rings. The summed E-state index contributed by atoms with van der Waals surface area (Å²) in [6, 6.07) is 4.58. The van der Waals surface area contributed by atoms with Crippen LogP contribution in [-0.4, -0.2) is 11.0 Å². The molecule has 2 amide bonds. The predicted molar refractivity (Wildman–Crippen MR) is 83.9 cm³/mol. The van der Waals surface area contributed by atoms with Gasteiger partial charge in [-0.2, -0.15) is 0 Å². The van der Waals surface area contributed by atoms with Gasteiger partial charge in [-0.05, 0) is 32.0 Å². The van der Waals surface area contributed by atoms with E-state index in [1.807, 2.05) is 13.8 Å². The van der Waals surface area contributed by atoms with Crippen LogP contribution < -0.4 is 10.6 Å². The fourth-order valence-electron chi connectivity index (χ4n) is 1.66. The average Bonchev–Trinajstić information content (AvgIpc) is 2.69. The fraction of sp³-hybridized carbons (Fsp3) is 0.231. The Labute approximate surface area is 131 Å². The lowest BCUT2D eigenvalue weighted by molar-refractivity contribution is 0.252. The minimum atomic E-state index is -0.320. The maximum Gasteiger partial charge on any atom is 0.319 e. The van der Waals surface area contributed by atoms with Gasteiger partial charge >= 0.3 is 6.03 Å². The normalized spacial score (nSPS) is 10.4. The molecule has 7 heteroatoms. The van der Waals surface area contributed by atoms with Crippen LogP contribution in [0.3, 0.4) is 0 Å². The molecule has 0 atom stereocenters. The van der Waals surface area contributed by atoms with E-state index in [2.05, 4.69) is 15.6 Å². The van der Waals surface area contributed by atoms with Crippen molar-refractivity contribution in [3.8, 4) is 0 Å². The topological polar surface area (TPSA) is 54.0 Å². The number of aryl methyl sites for hydroxylation is 2. The average molecular weight is 330 g/mol. The van der Waals surface area contributed by atoms with Gasteiger partial charge in [-0.1, -0.05) is 23.2 Å². The third-order valence-electron chi connectivity index (χ3n) is 2.59. The Hall–Kier alpha value is -1.30. The van der Waals surface area contributed by atoms with Crippen molar-refractivity contribution in [1.29, 1.82) is 0 Å². The lowest BCUT2D eigenvalue weighted by atomic mass is 10.3. The quantitative estimate of drug-likeness (QED) is 0.877. The number of benzene rings is 1. The highest BCUT2D eigenvalue weighted by Gasteiger charge is 2.08. The Balaban J connectivity index is 1.94. The van der Waals surface area contributed by atoms with Crippen molar-refractivity contribution in [3.63, 3.8) is 0 Å². The van der Waals surface area contributed by atoms with E-state index in [0.29, 0.717) is 22.3 Å². The first-order chi connectivity index (χ1) is 9.45. The zero-order valence-electron chi connectivity index (χ0n) is 11.0. The van der Waals surface area contributed by atoms with Gasteiger partial charge in [-0.25, -0.2) is 9.78 Å². The number of nitrogens with one attached hydrogen (secondary N) is 2. The molecular weight excluding hydrogens is 317 g/mol. The lowest BCUT2D eigenvalue weighted by Crippen LogP contribution is -2.28. The minimum Gasteiger partial charge on any atom is -0.333 e. The van der Waals surface area contributed by atoms with Crippen molar-refractivity contribution in [1.82, 2.24) is 10.3 Å². The second kappa shape index (κ2) is 6.43. The van der Waals surface area contributed by atoms with E-state index < -0.39 is 0 Å². The Kier molecular flexibility index (Phi) is 4.86. The Morgan fingerprint density at radius 2 is 2.10 bits per heavy atom. The summed E-state index contributed by atoms with van der Waals surface area (Å²) in [7, 11) is 0. The molecular formula is C13H13Cl2N3OS. The number of hydrogen-bond acceptors (Lipinski definition) is 3. The van der Waals surface area contributed by atoms with Crippen molar-refractivity contribution in [2.45, 2.75) is 20.4 Å². The molecule has 0 bridgehead atoms. The van der Waals surface area contributed by atoms with Crippen molar-refractivity contribution < 1.29 is 4.79 Å². The zero-order chi connectivity index (χ0) is 14.7. The molecule has 0 spiro atoms. The number of rotatable bonds is 3. The van der Waals surface area contributed by atoms with E-state index in [4.69, 9.17) is 23.2 Å². The number of amides is 2. The van der Waals surface area contributed by atoms with E-state index in [9.17, 15) is 4.79 Å². The monoisotopic (exact) mass is 329 g/mol. The molecule has 0 aliphatic rings. The summed E-state index contributed by atoms with van der Waals surface area (Å²) < 4.78 is 0. The van der Waals surface area contributed by atoms with Crippen molar-refractivity contribution in [2.75, 3.05) is 5.32 Å². The van der Waals surface area contributed by atoms with E-state index in [1.54, 1.807) is 29.5 Å². The third kappa shape index (κ3) is 3.85. The van der Waals surface area contributed by atoms with Gasteiger partial charge in [0.15, 0.2) is 0 Å². The van der Waals surface area contributed by atoms with Crippen LogP contribution in [-0.2, 0) is 6.54 Å². The number of urea groups is 1. The highest BCUT2D eigenvalue weighted by atomic mass is 35.5. The third-order valence-corrected chi connectivity index (χ3v) is 4.21. The Bertz CT molecular complexity index is 643. The number of nitrogens with zero attached hydrogens (tertiary/aromatic N) is 1. The van der Waals surface area contributed by atoms with E-state index in [1.165, 1.54) is 0 Å². The van der Waals surface area contributed by atoms with E-state index in [0.717, 1.165) is 15.6 Å². The van der Waals surface area contributed by atoms with Gasteiger partial charge < -0.3 is 10.6 Å². The van der Waals surface area contributed by atoms with Crippen LogP contribution >= 0.6 is 34.5 Å². The van der Waals surface area contributed by atoms with Crippen LogP contribution in [0.25, 0.3) is 0 Å². The highest BCUT2D eigenvalue weighted by molar-refractivity contribution is 7.11. The van der Waals surface area contributed by atoms with Crippen molar-refractivity contribution in [2.24, 2.45) is 0 Å². The molecule has 106 valence electrons. The van der Waals surface area contributed by atoms with Crippen LogP contribution in [0.2, 0.25) is 10.0 Å². The molecule has 1 aromatic heterocycles. The van der Waals surface area contributed by atoms with Crippen LogP contribution in [0.1, 0.15) is 15.6 Å². The Morgan fingerprint density at radius 3 is 2.70 bits per heavy atom. The molecule has 0 aliphatic carbocycles. The maximum absolute atomic E-state index is 11.8. The summed E-state index contributed by atoms with van der Waals surface area (Å²) in [5.41, 5.74) is 1.46. The zero-order valence-corrected chi connectivity index (χ0v) is 13.3. The fourth-order valence-corrected chi connectivity index (χ4v) is 2.99. The minimum absolute atomic E-state index is 0.320. The molecule has 0 aliphatic heterocycles. The number of thiazole rings is 1. The van der Waals surface area contributed by atoms with E-state index in [-0.39, 0.29) is 6.03 Å². The summed E-state index contributed by atoms with van der Waals surface area (Å²) in [6.07, 6.45) is 0. The number of anilines is 1. The first-order valence-electron chi connectivity index (χ1n) is 5.88. The summed E-state index contributed by atoms with van der Waals surface area (Å²) in [5, 5.41) is 7.36. The summed E-state index contributed by atoms with van der Waals surface area (Å²) >= 11 is 13.4. The van der Waals surface area contributed by atoms with Gasteiger partial charge in [0.25, 0.3) is 0 Å². The second-order valence-electron chi connectivity index (χ2n) is 4.17. The molecule has 0 saturated carbocycles. The molecule has 4 nitrogen and oxygen atoms in total. The van der Waals surface area contributed by atoms with Crippen molar-refractivity contribution in [3.05, 3.63) is 43.8 Å². The molecule has 0 fully saturated rings. The van der Waals surface area contributed by atoms with Gasteiger partial charge in [-0.3, -0.25) is 0 Å². The van der Waals surface area contributed by atoms with Crippen LogP contribution in [0.4, 0.5) is 10.5 Å². The molecule has 0 unspecified atom stereocenters. The molecule has 2 N–H and O–H groups in total. The molecule has 0 radical (unpaired) electrons. The molecule has 0 saturated heterocycles. The van der Waals surface area contributed by atoms with E-state index >= 15 is 0 Å². The standard InChI is InChI=1S/C13H13Cl2N3OS/c1-7-12(20-8(2)17-7)6-16-13(19)18-11-4-3-9(14)5-10(11)15/h3-5H,6H2,1-2H3,(H2,16,18,19). The molecule has 1 heterocycles. The first-order valence-corrected chi connectivity index (χ1v) is 7.46. The van der Waals surface area contributed by atoms with Gasteiger partial charge in [-0.15, -0.1) is 11.3 Å². The van der Waals surface area contributed by atoms with Gasteiger partial charge in [0.05, 0.1) is 28.0 Å². The SMILES string of the molecule is Cc1nc(C)c(CNC(=O)Nc2ccc(Cl)cc2Cl)s1. The van der Waals surface area contributed by atoms with Crippen molar-refractivity contribution >= 4 is 46.3 Å². The van der Waals surface area contributed by atoms with Gasteiger partial charge in [0.2, 0.25) is 0 Å². The lowest BCUT2D eigenvalue weighted by Gasteiger charge is -2.08. The second-order valence-corrected chi connectivity index (χ2v) is 6.30. The van der Waals surface area contributed by atoms with Crippen LogP contribution in [0, 0.1) is 13.8 Å². The molecule has 20 heavy (non-hydrogen) atoms. The van der Waals surface area contributed by atoms with Gasteiger partial charge in [0.1, 0.15) is 0 Å². The largest absolute Gasteiger partial charge is 0.333 e. The molecule has 1 aromatic carbocycles. The highest BCUT2D eigenvalue weighted by Crippen LogP contribution is 2.25. The summed E-state index contributed by atoms with van der Waals surface area (Å²) in [6.45, 7) is 4.30. The van der Waals surface area contributed by atoms with Crippen LogP contribution in [0.15, 0.2) is 18.2 Å². The molecule has 2 rings (SSSR count). The number of aromatic nitrogens is 1. The Morgan fingerprint density at radius 1 is 1.35 bits per heavy atom. The summed E-state index contributed by atoms with van der Waals surface area (Å²) in [5.74, 6) is 0. The predicted octanol–water partition coefficient (Wildman–Crippen LogP) is 4.39. The first kappa shape index (κ1) is 15.1. The number of carbonyl (C=O) groups is 1.